The molecule has 3 nitrogen and oxygen atoms in total. The summed E-state index contributed by atoms with van der Waals surface area (Å²) in [4.78, 5) is 3.25. The van der Waals surface area contributed by atoms with Gasteiger partial charge in [0, 0.05) is 17.1 Å². The van der Waals surface area contributed by atoms with Crippen molar-refractivity contribution in [3.8, 4) is 0 Å². The lowest BCUT2D eigenvalue weighted by atomic mass is 10.1. The maximum atomic E-state index is 7.94. The third-order valence-corrected chi connectivity index (χ3v) is 4.29. The van der Waals surface area contributed by atoms with E-state index in [1.54, 1.807) is 11.8 Å². The molecule has 0 fully saturated rings. The Kier molecular flexibility index (Phi) is 4.91. The molecule has 3 N–H and O–H groups in total. The standard InChI is InChI=1S/C17H21N3S/c1-4-20(13-9-6-5-8-12(13)2)14-10-7-11-15(21-3)16(14)17(18)19/h5-11H,4H2,1-3H3,(H3,18,19). The highest BCUT2D eigenvalue weighted by molar-refractivity contribution is 7.98. The van der Waals surface area contributed by atoms with Crippen molar-refractivity contribution >= 4 is 29.0 Å². The Labute approximate surface area is 130 Å². The second-order valence-electron chi connectivity index (χ2n) is 4.80. The Hall–Kier alpha value is -1.94. The predicted molar refractivity (Wildman–Crippen MR) is 93.1 cm³/mol. The summed E-state index contributed by atoms with van der Waals surface area (Å²) in [5.74, 6) is 0.113. The maximum absolute atomic E-state index is 7.94. The van der Waals surface area contributed by atoms with Gasteiger partial charge < -0.3 is 10.6 Å². The average Bonchev–Trinajstić information content (AvgIpc) is 2.49. The second-order valence-corrected chi connectivity index (χ2v) is 5.65. The number of hydrogen-bond acceptors (Lipinski definition) is 3. The highest BCUT2D eigenvalue weighted by atomic mass is 32.2. The molecule has 4 heteroatoms. The molecule has 0 amide bonds. The molecule has 0 atom stereocenters. The van der Waals surface area contributed by atoms with E-state index < -0.39 is 0 Å². The molecule has 0 bridgehead atoms. The van der Waals surface area contributed by atoms with Crippen molar-refractivity contribution in [1.82, 2.24) is 0 Å². The first kappa shape index (κ1) is 15.4. The van der Waals surface area contributed by atoms with Crippen LogP contribution in [0, 0.1) is 12.3 Å². The number of nitrogens with two attached hydrogens (primary N) is 1. The summed E-state index contributed by atoms with van der Waals surface area (Å²) in [5.41, 5.74) is 10.0. The molecule has 0 saturated carbocycles. The van der Waals surface area contributed by atoms with Crippen LogP contribution in [0.4, 0.5) is 11.4 Å². The normalized spacial score (nSPS) is 10.4. The third-order valence-electron chi connectivity index (χ3n) is 3.51. The summed E-state index contributed by atoms with van der Waals surface area (Å²) in [6.45, 7) is 5.04. The Morgan fingerprint density at radius 1 is 1.14 bits per heavy atom. The van der Waals surface area contributed by atoms with Gasteiger partial charge in [0.25, 0.3) is 0 Å². The van der Waals surface area contributed by atoms with Crippen LogP contribution in [0.5, 0.6) is 0 Å². The van der Waals surface area contributed by atoms with Gasteiger partial charge in [-0.2, -0.15) is 0 Å². The zero-order valence-electron chi connectivity index (χ0n) is 12.7. The van der Waals surface area contributed by atoms with Crippen LogP contribution in [0.15, 0.2) is 47.4 Å². The fourth-order valence-corrected chi connectivity index (χ4v) is 3.16. The second kappa shape index (κ2) is 6.68. The Balaban J connectivity index is 2.63. The van der Waals surface area contributed by atoms with Gasteiger partial charge in [0.15, 0.2) is 0 Å². The van der Waals surface area contributed by atoms with Crippen molar-refractivity contribution in [2.45, 2.75) is 18.7 Å². The van der Waals surface area contributed by atoms with Gasteiger partial charge in [-0.1, -0.05) is 24.3 Å². The van der Waals surface area contributed by atoms with Crippen molar-refractivity contribution in [1.29, 1.82) is 5.41 Å². The van der Waals surface area contributed by atoms with Crippen LogP contribution in [-0.4, -0.2) is 18.6 Å². The predicted octanol–water partition coefficient (Wildman–Crippen LogP) is 4.16. The van der Waals surface area contributed by atoms with Crippen molar-refractivity contribution in [2.75, 3.05) is 17.7 Å². The molecule has 2 aromatic carbocycles. The quantitative estimate of drug-likeness (QED) is 0.495. The molecule has 0 spiro atoms. The molecule has 2 aromatic rings. The third kappa shape index (κ3) is 3.05. The van der Waals surface area contributed by atoms with Gasteiger partial charge in [-0.15, -0.1) is 11.8 Å². The molecule has 0 aliphatic carbocycles. The first-order valence-corrected chi connectivity index (χ1v) is 8.17. The van der Waals surface area contributed by atoms with E-state index in [1.165, 1.54) is 5.56 Å². The highest BCUT2D eigenvalue weighted by Crippen LogP contribution is 2.34. The van der Waals surface area contributed by atoms with Crippen LogP contribution in [0.25, 0.3) is 0 Å². The van der Waals surface area contributed by atoms with Crippen molar-refractivity contribution in [3.05, 3.63) is 53.6 Å². The topological polar surface area (TPSA) is 53.1 Å². The molecule has 0 unspecified atom stereocenters. The number of para-hydroxylation sites is 1. The van der Waals surface area contributed by atoms with Crippen molar-refractivity contribution < 1.29 is 0 Å². The van der Waals surface area contributed by atoms with E-state index in [0.29, 0.717) is 0 Å². The van der Waals surface area contributed by atoms with Crippen LogP contribution in [-0.2, 0) is 0 Å². The summed E-state index contributed by atoms with van der Waals surface area (Å²) in [6, 6.07) is 14.4. The minimum atomic E-state index is 0.113. The van der Waals surface area contributed by atoms with Crippen LogP contribution in [0.3, 0.4) is 0 Å². The Morgan fingerprint density at radius 2 is 1.81 bits per heavy atom. The fourth-order valence-electron chi connectivity index (χ4n) is 2.52. The van der Waals surface area contributed by atoms with Gasteiger partial charge in [-0.25, -0.2) is 0 Å². The first-order valence-electron chi connectivity index (χ1n) is 6.94. The molecule has 0 aliphatic rings. The highest BCUT2D eigenvalue weighted by Gasteiger charge is 2.17. The van der Waals surface area contributed by atoms with Crippen LogP contribution in [0.2, 0.25) is 0 Å². The molecule has 2 rings (SSSR count). The number of benzene rings is 2. The zero-order chi connectivity index (χ0) is 15.4. The maximum Gasteiger partial charge on any atom is 0.126 e. The van der Waals surface area contributed by atoms with Crippen LogP contribution >= 0.6 is 11.8 Å². The lowest BCUT2D eigenvalue weighted by molar-refractivity contribution is 1.01. The summed E-state index contributed by atoms with van der Waals surface area (Å²) in [7, 11) is 0. The average molecular weight is 299 g/mol. The molecule has 0 saturated heterocycles. The number of anilines is 2. The Bertz CT molecular complexity index is 652. The zero-order valence-corrected chi connectivity index (χ0v) is 13.5. The van der Waals surface area contributed by atoms with Crippen LogP contribution < -0.4 is 10.6 Å². The largest absolute Gasteiger partial charge is 0.384 e. The monoisotopic (exact) mass is 299 g/mol. The number of thioether (sulfide) groups is 1. The van der Waals surface area contributed by atoms with Gasteiger partial charge in [0.1, 0.15) is 5.84 Å². The smallest absolute Gasteiger partial charge is 0.126 e. The number of aryl methyl sites for hydroxylation is 1. The summed E-state index contributed by atoms with van der Waals surface area (Å²) >= 11 is 1.62. The minimum Gasteiger partial charge on any atom is -0.384 e. The molecule has 0 aromatic heterocycles. The van der Waals surface area contributed by atoms with E-state index in [9.17, 15) is 0 Å². The molecule has 21 heavy (non-hydrogen) atoms. The number of nitrogens with one attached hydrogen (secondary N) is 1. The van der Waals surface area contributed by atoms with Gasteiger partial charge in [0.05, 0.1) is 11.3 Å². The number of rotatable bonds is 5. The molecular weight excluding hydrogens is 278 g/mol. The number of hydrogen-bond donors (Lipinski definition) is 2. The summed E-state index contributed by atoms with van der Waals surface area (Å²) in [6.07, 6.45) is 2.01. The lowest BCUT2D eigenvalue weighted by Gasteiger charge is -2.28. The lowest BCUT2D eigenvalue weighted by Crippen LogP contribution is -2.23. The van der Waals surface area contributed by atoms with E-state index in [0.717, 1.165) is 28.4 Å². The van der Waals surface area contributed by atoms with Crippen LogP contribution in [0.1, 0.15) is 18.1 Å². The van der Waals surface area contributed by atoms with Gasteiger partial charge in [-0.3, -0.25) is 5.41 Å². The van der Waals surface area contributed by atoms with Gasteiger partial charge >= 0.3 is 0 Å². The van der Waals surface area contributed by atoms with E-state index in [2.05, 4.69) is 30.9 Å². The minimum absolute atomic E-state index is 0.113. The first-order chi connectivity index (χ1) is 10.1. The molecule has 110 valence electrons. The fraction of sp³-hybridized carbons (Fsp3) is 0.235. The van der Waals surface area contributed by atoms with Crippen molar-refractivity contribution in [2.24, 2.45) is 5.73 Å². The van der Waals surface area contributed by atoms with E-state index >= 15 is 0 Å². The molecular formula is C17H21N3S. The molecule has 0 heterocycles. The Morgan fingerprint density at radius 3 is 2.38 bits per heavy atom. The summed E-state index contributed by atoms with van der Waals surface area (Å²) in [5, 5.41) is 7.94. The van der Waals surface area contributed by atoms with E-state index in [4.69, 9.17) is 11.1 Å². The van der Waals surface area contributed by atoms with Gasteiger partial charge in [0.2, 0.25) is 0 Å². The van der Waals surface area contributed by atoms with E-state index in [-0.39, 0.29) is 5.84 Å². The number of nitrogens with zero attached hydrogens (tertiary/aromatic N) is 1. The van der Waals surface area contributed by atoms with Gasteiger partial charge in [-0.05, 0) is 43.9 Å². The molecule has 0 aliphatic heterocycles. The molecule has 0 radical (unpaired) electrons. The summed E-state index contributed by atoms with van der Waals surface area (Å²) < 4.78 is 0. The van der Waals surface area contributed by atoms with Crippen molar-refractivity contribution in [3.63, 3.8) is 0 Å². The SMILES string of the molecule is CCN(c1ccccc1C)c1cccc(SC)c1C(=N)N. The number of amidine groups is 1. The van der Waals surface area contributed by atoms with E-state index in [1.807, 2.05) is 36.6 Å². The number of nitrogen functional groups attached to an aromatic ring is 1.